The highest BCUT2D eigenvalue weighted by Gasteiger charge is 2.43. The number of hydrogen-bond donors (Lipinski definition) is 2. The number of methoxy groups -OCH3 is 2. The summed E-state index contributed by atoms with van der Waals surface area (Å²) in [6.45, 7) is 14.8. The third-order valence-electron chi connectivity index (χ3n) is 12.5. The topological polar surface area (TPSA) is 151 Å². The molecule has 15 heteroatoms. The Morgan fingerprint density at radius 3 is 2.20 bits per heavy atom. The number of carbonyl (C=O) groups excluding carboxylic acids is 4. The molecule has 1 aliphatic rings. The van der Waals surface area contributed by atoms with Crippen LogP contribution in [0.25, 0.3) is 0 Å². The minimum atomic E-state index is -0.805. The molecule has 1 aliphatic heterocycles. The number of rotatable bonds is 23. The van der Waals surface area contributed by atoms with E-state index in [1.807, 2.05) is 105 Å². The first kappa shape index (κ1) is 49.5. The van der Waals surface area contributed by atoms with Crippen molar-refractivity contribution in [2.75, 3.05) is 34.9 Å². The second-order valence-electron chi connectivity index (χ2n) is 17.5. The van der Waals surface area contributed by atoms with Crippen LogP contribution in [0.3, 0.4) is 0 Å². The first-order chi connectivity index (χ1) is 29.0. The molecule has 338 valence electrons. The lowest BCUT2D eigenvalue weighted by atomic mass is 9.89. The van der Waals surface area contributed by atoms with Crippen LogP contribution in [-0.4, -0.2) is 124 Å². The Morgan fingerprint density at radius 1 is 0.934 bits per heavy atom. The molecule has 0 spiro atoms. The molecule has 1 fully saturated rings. The van der Waals surface area contributed by atoms with Gasteiger partial charge < -0.3 is 34.5 Å². The van der Waals surface area contributed by atoms with E-state index in [0.717, 1.165) is 29.2 Å². The van der Waals surface area contributed by atoms with E-state index < -0.39 is 36.3 Å². The lowest BCUT2D eigenvalue weighted by Crippen LogP contribution is -2.60. The van der Waals surface area contributed by atoms with Crippen LogP contribution in [0.4, 0.5) is 0 Å². The maximum Gasteiger partial charge on any atom is 0.245 e. The molecule has 14 nitrogen and oxygen atoms in total. The highest BCUT2D eigenvalue weighted by Crippen LogP contribution is 2.31. The van der Waals surface area contributed by atoms with Gasteiger partial charge in [0.05, 0.1) is 55.3 Å². The predicted molar refractivity (Wildman–Crippen MR) is 239 cm³/mol. The van der Waals surface area contributed by atoms with Crippen molar-refractivity contribution in [3.8, 4) is 0 Å². The second kappa shape index (κ2) is 23.3. The molecule has 4 amide bonds. The quantitative estimate of drug-likeness (QED) is 0.126. The zero-order chi connectivity index (χ0) is 45.0. The summed E-state index contributed by atoms with van der Waals surface area (Å²) in [5.74, 6) is -0.756. The van der Waals surface area contributed by atoms with Gasteiger partial charge in [-0.25, -0.2) is 9.97 Å². The smallest absolute Gasteiger partial charge is 0.245 e. The van der Waals surface area contributed by atoms with E-state index in [2.05, 4.69) is 34.4 Å². The van der Waals surface area contributed by atoms with Gasteiger partial charge in [0, 0.05) is 58.8 Å². The largest absolute Gasteiger partial charge is 0.379 e. The molecule has 0 bridgehead atoms. The molecule has 9 unspecified atom stereocenters. The van der Waals surface area contributed by atoms with E-state index in [9.17, 15) is 19.2 Å². The van der Waals surface area contributed by atoms with Crippen LogP contribution < -0.4 is 10.6 Å². The predicted octanol–water partition coefficient (Wildman–Crippen LogP) is 5.49. The summed E-state index contributed by atoms with van der Waals surface area (Å²) < 4.78 is 14.1. The summed E-state index contributed by atoms with van der Waals surface area (Å²) in [7, 11) is 8.76. The zero-order valence-electron chi connectivity index (χ0n) is 38.5. The number of benzene rings is 1. The number of aryl methyl sites for hydroxylation is 1. The number of nitrogens with one attached hydrogen (secondary N) is 2. The summed E-state index contributed by atoms with van der Waals surface area (Å²) in [6, 6.07) is 7.61. The summed E-state index contributed by atoms with van der Waals surface area (Å²) in [5, 5.41) is 9.09. The van der Waals surface area contributed by atoms with Crippen molar-refractivity contribution in [2.45, 2.75) is 130 Å². The molecule has 1 aromatic carbocycles. The molecule has 2 aromatic heterocycles. The first-order valence-corrected chi connectivity index (χ1v) is 22.7. The van der Waals surface area contributed by atoms with Crippen LogP contribution in [0.2, 0.25) is 0 Å². The zero-order valence-corrected chi connectivity index (χ0v) is 39.4. The van der Waals surface area contributed by atoms with E-state index >= 15 is 0 Å². The van der Waals surface area contributed by atoms with E-state index in [-0.39, 0.29) is 59.9 Å². The summed E-state index contributed by atoms with van der Waals surface area (Å²) in [5.41, 5.74) is 1.09. The molecule has 4 rings (SSSR count). The van der Waals surface area contributed by atoms with E-state index in [4.69, 9.17) is 9.47 Å². The number of ether oxygens (including phenoxy) is 2. The Bertz CT molecular complexity index is 1820. The third kappa shape index (κ3) is 12.7. The molecule has 2 N–H and O–H groups in total. The number of aromatic nitrogens is 3. The molecule has 0 aliphatic carbocycles. The number of hydrogen-bond acceptors (Lipinski definition) is 10. The average Bonchev–Trinajstić information content (AvgIpc) is 4.03. The van der Waals surface area contributed by atoms with Crippen LogP contribution >= 0.6 is 11.3 Å². The Hall–Kier alpha value is -4.18. The van der Waals surface area contributed by atoms with E-state index in [1.165, 1.54) is 11.3 Å². The van der Waals surface area contributed by atoms with Crippen LogP contribution in [0, 0.1) is 23.7 Å². The fourth-order valence-corrected chi connectivity index (χ4v) is 9.61. The van der Waals surface area contributed by atoms with Gasteiger partial charge >= 0.3 is 0 Å². The standard InChI is InChI=1S/C46H72N8O6S/c1-13-31(6)41(53(10)46(58)39(29(2)3)50-44(57)40(30(4)5)52(9)28-37-47-21-24-51(37)8)36(59-11)27-38(55)54-23-17-20-35(54)42(60-12)32(7)43(56)49-34(45-48-22-25-61-45)26-33-18-15-14-16-19-33/h14-16,18-19,21-22,24-25,29-32,34-36,39-42H,13,17,20,23,26-28H2,1-12H3,(H,49,56)(H,50,57). The summed E-state index contributed by atoms with van der Waals surface area (Å²) >= 11 is 1.50. The number of likely N-dealkylation sites (tertiary alicyclic amines) is 1. The molecule has 3 heterocycles. The lowest BCUT2D eigenvalue weighted by molar-refractivity contribution is -0.148. The van der Waals surface area contributed by atoms with Crippen LogP contribution in [-0.2, 0) is 48.7 Å². The normalized spacial score (nSPS) is 18.3. The van der Waals surface area contributed by atoms with Crippen molar-refractivity contribution in [3.63, 3.8) is 0 Å². The highest BCUT2D eigenvalue weighted by atomic mass is 32.1. The minimum absolute atomic E-state index is 0.0333. The van der Waals surface area contributed by atoms with Crippen molar-refractivity contribution >= 4 is 35.0 Å². The van der Waals surface area contributed by atoms with Crippen LogP contribution in [0.1, 0.15) is 96.6 Å². The number of thiazole rings is 1. The van der Waals surface area contributed by atoms with Gasteiger partial charge in [-0.05, 0) is 49.6 Å². The maximum atomic E-state index is 14.6. The fourth-order valence-electron chi connectivity index (χ4n) is 8.92. The molecule has 9 atom stereocenters. The minimum Gasteiger partial charge on any atom is -0.379 e. The SMILES string of the molecule is CCC(C)C(C(CC(=O)N1CCCC1C(OC)C(C)C(=O)NC(Cc1ccccc1)c1nccs1)OC)N(C)C(=O)C(NC(=O)C(C(C)C)N(C)Cc1nccn1C)C(C)C. The van der Waals surface area contributed by atoms with Gasteiger partial charge in [0.15, 0.2) is 0 Å². The van der Waals surface area contributed by atoms with Crippen molar-refractivity contribution in [1.29, 1.82) is 0 Å². The Labute approximate surface area is 368 Å². The average molecular weight is 865 g/mol. The highest BCUT2D eigenvalue weighted by molar-refractivity contribution is 7.09. The number of likely N-dealkylation sites (N-methyl/N-ethyl adjacent to an activating group) is 2. The molecule has 0 radical (unpaired) electrons. The molecule has 61 heavy (non-hydrogen) atoms. The maximum absolute atomic E-state index is 14.6. The third-order valence-corrected chi connectivity index (χ3v) is 13.4. The van der Waals surface area contributed by atoms with Crippen molar-refractivity contribution in [2.24, 2.45) is 30.7 Å². The second-order valence-corrected chi connectivity index (χ2v) is 18.4. The van der Waals surface area contributed by atoms with Crippen molar-refractivity contribution in [1.82, 2.24) is 39.9 Å². The summed E-state index contributed by atoms with van der Waals surface area (Å²) in [6.07, 6.45) is 7.00. The summed E-state index contributed by atoms with van der Waals surface area (Å²) in [4.78, 5) is 71.4. The van der Waals surface area contributed by atoms with Gasteiger partial charge in [-0.2, -0.15) is 0 Å². The van der Waals surface area contributed by atoms with Gasteiger partial charge in [0.25, 0.3) is 0 Å². The van der Waals surface area contributed by atoms with E-state index in [1.54, 1.807) is 38.6 Å². The molecule has 1 saturated heterocycles. The van der Waals surface area contributed by atoms with Crippen molar-refractivity contribution < 1.29 is 28.7 Å². The first-order valence-electron chi connectivity index (χ1n) is 21.9. The van der Waals surface area contributed by atoms with Gasteiger partial charge in [0.1, 0.15) is 16.9 Å². The molecular weight excluding hydrogens is 793 g/mol. The molecular formula is C46H72N8O6S. The monoisotopic (exact) mass is 865 g/mol. The fraction of sp³-hybridized carbons (Fsp3) is 0.652. The van der Waals surface area contributed by atoms with Crippen molar-refractivity contribution in [3.05, 3.63) is 70.7 Å². The number of amides is 4. The number of imidazole rings is 1. The van der Waals surface area contributed by atoms with Gasteiger partial charge in [-0.1, -0.05) is 85.2 Å². The van der Waals surface area contributed by atoms with E-state index in [0.29, 0.717) is 25.9 Å². The van der Waals surface area contributed by atoms with Gasteiger partial charge in [0.2, 0.25) is 23.6 Å². The number of carbonyl (C=O) groups is 4. The molecule has 0 saturated carbocycles. The van der Waals surface area contributed by atoms with Gasteiger partial charge in [-0.15, -0.1) is 11.3 Å². The van der Waals surface area contributed by atoms with Crippen LogP contribution in [0.15, 0.2) is 54.3 Å². The Balaban J connectivity index is 1.48. The number of nitrogens with zero attached hydrogens (tertiary/aromatic N) is 6. The van der Waals surface area contributed by atoms with Gasteiger partial charge in [-0.3, -0.25) is 24.1 Å². The van der Waals surface area contributed by atoms with Crippen LogP contribution in [0.5, 0.6) is 0 Å². The Kier molecular flexibility index (Phi) is 18.9. The molecule has 3 aromatic rings. The lowest BCUT2D eigenvalue weighted by Gasteiger charge is -2.41. The Morgan fingerprint density at radius 2 is 1.64 bits per heavy atom.